The zero-order valence-electron chi connectivity index (χ0n) is 12.5. The Morgan fingerprint density at radius 2 is 0.867 bits per heavy atom. The smallest absolute Gasteiger partial charge is 0.279 e. The molecule has 0 radical (unpaired) electrons. The average Bonchev–Trinajstić information content (AvgIpc) is 2.41. The molecule has 2 atom stereocenters. The number of halogens is 18. The van der Waals surface area contributed by atoms with E-state index < -0.39 is 54.4 Å². The van der Waals surface area contributed by atoms with Crippen molar-refractivity contribution in [2.45, 2.75) is 48.4 Å². The van der Waals surface area contributed by atoms with Crippen LogP contribution in [-0.4, -0.2) is 54.4 Å². The Labute approximate surface area is 149 Å². The summed E-state index contributed by atoms with van der Waals surface area (Å²) in [6.07, 6.45) is -39.0. The van der Waals surface area contributed by atoms with Crippen LogP contribution in [0.25, 0.3) is 0 Å². The Morgan fingerprint density at radius 1 is 0.500 bits per heavy atom. The second-order valence-corrected chi connectivity index (χ2v) is 4.77. The van der Waals surface area contributed by atoms with Crippen molar-refractivity contribution in [3.05, 3.63) is 0 Å². The quantitative estimate of drug-likeness (QED) is 0.351. The molecule has 0 aliphatic rings. The van der Waals surface area contributed by atoms with Crippen molar-refractivity contribution in [1.82, 2.24) is 0 Å². The van der Waals surface area contributed by atoms with Gasteiger partial charge < -0.3 is 0 Å². The molecule has 0 saturated carbocycles. The van der Waals surface area contributed by atoms with Gasteiger partial charge in [-0.3, -0.25) is 9.53 Å². The van der Waals surface area contributed by atoms with Crippen LogP contribution in [0.15, 0.2) is 0 Å². The van der Waals surface area contributed by atoms with Gasteiger partial charge in [0.05, 0.1) is 0 Å². The molecule has 0 aromatic carbocycles. The van der Waals surface area contributed by atoms with E-state index in [1.165, 1.54) is 4.74 Å². The monoisotopic (exact) mass is 498 g/mol. The molecule has 180 valence electrons. The summed E-state index contributed by atoms with van der Waals surface area (Å²) in [6.45, 7) is 0. The third-order valence-corrected chi connectivity index (χ3v) is 2.62. The van der Waals surface area contributed by atoms with Gasteiger partial charge in [-0.2, -0.15) is 79.0 Å². The number of carbonyl (C=O) groups is 1. The number of rotatable bonds is 7. The fourth-order valence-corrected chi connectivity index (χ4v) is 1.14. The first-order valence-electron chi connectivity index (χ1n) is 5.92. The second kappa shape index (κ2) is 7.19. The summed E-state index contributed by atoms with van der Waals surface area (Å²) in [5.74, 6) is -23.3. The summed E-state index contributed by atoms with van der Waals surface area (Å²) in [7, 11) is 0. The summed E-state index contributed by atoms with van der Waals surface area (Å²) >= 11 is 0. The summed E-state index contributed by atoms with van der Waals surface area (Å²) in [6, 6.07) is -4.84. The molecule has 0 rings (SSSR count). The lowest BCUT2D eigenvalue weighted by molar-refractivity contribution is -0.546. The standard InChI is InChI=1S/C9F18O3/c10-1(28)2(11,5(15,16)17)29-4(14,7(21,22)23)9(26,27)30-8(24,25)3(12,13)6(18,19)20. The summed E-state index contributed by atoms with van der Waals surface area (Å²) in [5.41, 5.74) is 0. The predicted molar refractivity (Wildman–Crippen MR) is 49.0 cm³/mol. The Balaban J connectivity index is 6.62. The molecule has 0 bridgehead atoms. The maximum absolute atomic E-state index is 13.5. The first-order chi connectivity index (χ1) is 12.6. The van der Waals surface area contributed by atoms with Gasteiger partial charge in [0.1, 0.15) is 0 Å². The van der Waals surface area contributed by atoms with E-state index in [4.69, 9.17) is 0 Å². The van der Waals surface area contributed by atoms with Crippen LogP contribution in [0.1, 0.15) is 0 Å². The van der Waals surface area contributed by atoms with Gasteiger partial charge in [-0.25, -0.2) is 4.74 Å². The first-order valence-corrected chi connectivity index (χ1v) is 5.92. The minimum Gasteiger partial charge on any atom is -0.279 e. The van der Waals surface area contributed by atoms with Crippen LogP contribution in [0.4, 0.5) is 79.0 Å². The third-order valence-electron chi connectivity index (χ3n) is 2.62. The highest BCUT2D eigenvalue weighted by Gasteiger charge is 2.85. The minimum absolute atomic E-state index is 1.12. The van der Waals surface area contributed by atoms with Gasteiger partial charge in [-0.1, -0.05) is 0 Å². The molecule has 0 heterocycles. The van der Waals surface area contributed by atoms with Gasteiger partial charge in [0.25, 0.3) is 0 Å². The largest absolute Gasteiger partial charge is 0.462 e. The van der Waals surface area contributed by atoms with Crippen molar-refractivity contribution in [2.24, 2.45) is 0 Å². The van der Waals surface area contributed by atoms with Crippen LogP contribution in [0.3, 0.4) is 0 Å². The molecule has 0 N–H and O–H groups in total. The molecule has 3 nitrogen and oxygen atoms in total. The molecule has 2 unspecified atom stereocenters. The van der Waals surface area contributed by atoms with E-state index in [-0.39, 0.29) is 0 Å². The van der Waals surface area contributed by atoms with Crippen LogP contribution in [-0.2, 0) is 14.3 Å². The Kier molecular flexibility index (Phi) is 6.79. The van der Waals surface area contributed by atoms with Crippen molar-refractivity contribution < 1.29 is 93.3 Å². The fourth-order valence-electron chi connectivity index (χ4n) is 1.14. The Bertz CT molecular complexity index is 645. The number of hydrogen-bond donors (Lipinski definition) is 0. The van der Waals surface area contributed by atoms with Crippen LogP contribution >= 0.6 is 0 Å². The lowest BCUT2D eigenvalue weighted by Crippen LogP contribution is -2.68. The Morgan fingerprint density at radius 3 is 1.10 bits per heavy atom. The fraction of sp³-hybridized carbons (Fsp3) is 0.889. The second-order valence-electron chi connectivity index (χ2n) is 4.77. The zero-order chi connectivity index (χ0) is 25.0. The van der Waals surface area contributed by atoms with Gasteiger partial charge in [0, 0.05) is 0 Å². The summed E-state index contributed by atoms with van der Waals surface area (Å²) in [4.78, 5) is 9.90. The molecular weight excluding hydrogens is 498 g/mol. The molecule has 0 fully saturated rings. The highest BCUT2D eigenvalue weighted by molar-refractivity contribution is 5.77. The van der Waals surface area contributed by atoms with E-state index >= 15 is 0 Å². The van der Waals surface area contributed by atoms with Crippen molar-refractivity contribution in [3.63, 3.8) is 0 Å². The Hall–Kier alpha value is -1.67. The minimum atomic E-state index is -8.10. The van der Waals surface area contributed by atoms with Gasteiger partial charge in [-0.15, -0.1) is 0 Å². The number of hydrogen-bond acceptors (Lipinski definition) is 3. The SMILES string of the molecule is O=C(F)C(F)(OC(F)(C(F)(F)F)C(F)(F)OC(F)(F)C(F)(F)C(F)(F)F)C(F)(F)F. The van der Waals surface area contributed by atoms with Crippen molar-refractivity contribution >= 4 is 6.04 Å². The van der Waals surface area contributed by atoms with E-state index in [1.54, 1.807) is 0 Å². The lowest BCUT2D eigenvalue weighted by Gasteiger charge is -2.39. The molecule has 0 aliphatic carbocycles. The van der Waals surface area contributed by atoms with Gasteiger partial charge in [-0.05, 0) is 0 Å². The van der Waals surface area contributed by atoms with Gasteiger partial charge >= 0.3 is 54.4 Å². The van der Waals surface area contributed by atoms with Crippen LogP contribution in [0.2, 0.25) is 0 Å². The highest BCUT2D eigenvalue weighted by Crippen LogP contribution is 2.56. The molecular formula is C9F18O3. The number of alkyl halides is 17. The zero-order valence-corrected chi connectivity index (χ0v) is 12.5. The van der Waals surface area contributed by atoms with Crippen molar-refractivity contribution in [3.8, 4) is 0 Å². The maximum atomic E-state index is 13.5. The lowest BCUT2D eigenvalue weighted by atomic mass is 10.2. The van der Waals surface area contributed by atoms with Crippen LogP contribution in [0, 0.1) is 0 Å². The predicted octanol–water partition coefficient (Wildman–Crippen LogP) is 5.36. The van der Waals surface area contributed by atoms with Crippen molar-refractivity contribution in [2.75, 3.05) is 0 Å². The molecule has 0 aliphatic heterocycles. The van der Waals surface area contributed by atoms with E-state index in [2.05, 4.69) is 0 Å². The van der Waals surface area contributed by atoms with Gasteiger partial charge in [0.2, 0.25) is 0 Å². The molecule has 0 spiro atoms. The first kappa shape index (κ1) is 28.3. The van der Waals surface area contributed by atoms with E-state index in [0.29, 0.717) is 0 Å². The van der Waals surface area contributed by atoms with Gasteiger partial charge in [0.15, 0.2) is 0 Å². The highest BCUT2D eigenvalue weighted by atomic mass is 19.4. The number of carbonyl (C=O) groups excluding carboxylic acids is 1. The molecule has 0 saturated heterocycles. The average molecular weight is 498 g/mol. The number of ether oxygens (including phenoxy) is 2. The summed E-state index contributed by atoms with van der Waals surface area (Å²) < 4.78 is 227. The van der Waals surface area contributed by atoms with E-state index in [9.17, 15) is 83.8 Å². The molecule has 21 heteroatoms. The van der Waals surface area contributed by atoms with Crippen LogP contribution < -0.4 is 0 Å². The summed E-state index contributed by atoms with van der Waals surface area (Å²) in [5, 5.41) is 0. The molecule has 0 amide bonds. The van der Waals surface area contributed by atoms with E-state index in [1.807, 2.05) is 0 Å². The molecule has 0 aromatic heterocycles. The third kappa shape index (κ3) is 4.49. The molecule has 0 aromatic rings. The van der Waals surface area contributed by atoms with Crippen LogP contribution in [0.5, 0.6) is 0 Å². The maximum Gasteiger partial charge on any atom is 0.462 e. The van der Waals surface area contributed by atoms with Crippen molar-refractivity contribution in [1.29, 1.82) is 0 Å². The normalized spacial score (nSPS) is 19.3. The van der Waals surface area contributed by atoms with E-state index in [0.717, 1.165) is 4.74 Å². The molecule has 30 heavy (non-hydrogen) atoms. The topological polar surface area (TPSA) is 35.5 Å².